The van der Waals surface area contributed by atoms with Crippen molar-refractivity contribution < 1.29 is 13.5 Å². The van der Waals surface area contributed by atoms with E-state index in [1.807, 2.05) is 0 Å². The third kappa shape index (κ3) is 3.65. The molecule has 0 radical (unpaired) electrons. The molecule has 3 heteroatoms. The largest absolute Gasteiger partial charge is 0.462 e. The summed E-state index contributed by atoms with van der Waals surface area (Å²) >= 11 is 0. The van der Waals surface area contributed by atoms with Crippen LogP contribution in [0.2, 0.25) is 0 Å². The number of benzene rings is 1. The van der Waals surface area contributed by atoms with Gasteiger partial charge in [-0.2, -0.15) is 4.39 Å². The van der Waals surface area contributed by atoms with Gasteiger partial charge in [-0.05, 0) is 73.8 Å². The predicted molar refractivity (Wildman–Crippen MR) is 93.0 cm³/mol. The molecule has 2 saturated carbocycles. The van der Waals surface area contributed by atoms with Crippen molar-refractivity contribution in [3.63, 3.8) is 0 Å². The number of hydrogen-bond donors (Lipinski definition) is 0. The molecule has 0 amide bonds. The molecule has 1 nitrogen and oxygen atoms in total. The number of halogens is 2. The van der Waals surface area contributed by atoms with Crippen LogP contribution in [0.25, 0.3) is 0 Å². The van der Waals surface area contributed by atoms with E-state index in [1.54, 1.807) is 6.07 Å². The first-order valence-corrected chi connectivity index (χ1v) is 9.35. The first kappa shape index (κ1) is 17.4. The molecule has 0 heterocycles. The van der Waals surface area contributed by atoms with Crippen LogP contribution in [0.4, 0.5) is 8.78 Å². The van der Waals surface area contributed by atoms with Gasteiger partial charge in [0.05, 0.1) is 6.26 Å². The average Bonchev–Trinajstić information content (AvgIpc) is 2.60. The smallest absolute Gasteiger partial charge is 0.201 e. The number of hydrogen-bond acceptors (Lipinski definition) is 1. The molecule has 0 unspecified atom stereocenters. The second kappa shape index (κ2) is 7.67. The molecule has 0 bridgehead atoms. The topological polar surface area (TPSA) is 9.23 Å². The predicted octanol–water partition coefficient (Wildman–Crippen LogP) is 6.59. The Hall–Kier alpha value is -1.38. The summed E-state index contributed by atoms with van der Waals surface area (Å²) in [5.74, 6) is 0.926. The number of rotatable bonds is 4. The maximum atomic E-state index is 14.4. The molecule has 0 aromatic heterocycles. The minimum absolute atomic E-state index is 0.0868. The molecule has 2 aliphatic rings. The summed E-state index contributed by atoms with van der Waals surface area (Å²) in [6.45, 7) is 5.74. The minimum Gasteiger partial charge on any atom is -0.462 e. The Labute approximate surface area is 144 Å². The van der Waals surface area contributed by atoms with Gasteiger partial charge in [0.1, 0.15) is 0 Å². The molecule has 3 rings (SSSR count). The maximum Gasteiger partial charge on any atom is 0.201 e. The molecule has 0 saturated heterocycles. The highest BCUT2D eigenvalue weighted by Crippen LogP contribution is 2.44. The SMILES string of the molecule is C=COc1ccc(C2CCC(C3CCC(C)CC3)CC2)c(F)c1F. The molecule has 2 aliphatic carbocycles. The quantitative estimate of drug-likeness (QED) is 0.565. The second-order valence-electron chi connectivity index (χ2n) is 7.70. The van der Waals surface area contributed by atoms with Crippen LogP contribution in [0.3, 0.4) is 0 Å². The van der Waals surface area contributed by atoms with E-state index >= 15 is 0 Å². The van der Waals surface area contributed by atoms with Gasteiger partial charge < -0.3 is 4.74 Å². The van der Waals surface area contributed by atoms with Crippen LogP contribution in [0.15, 0.2) is 25.0 Å². The zero-order valence-electron chi connectivity index (χ0n) is 14.6. The van der Waals surface area contributed by atoms with Crippen LogP contribution in [0.5, 0.6) is 5.75 Å². The molecule has 2 fully saturated rings. The van der Waals surface area contributed by atoms with Crippen molar-refractivity contribution in [2.24, 2.45) is 17.8 Å². The van der Waals surface area contributed by atoms with Crippen molar-refractivity contribution in [2.45, 2.75) is 64.2 Å². The normalized spacial score (nSPS) is 30.8. The highest BCUT2D eigenvalue weighted by molar-refractivity contribution is 5.33. The van der Waals surface area contributed by atoms with Crippen LogP contribution in [0, 0.1) is 29.4 Å². The van der Waals surface area contributed by atoms with Gasteiger partial charge >= 0.3 is 0 Å². The van der Waals surface area contributed by atoms with Crippen LogP contribution in [-0.4, -0.2) is 0 Å². The molecule has 0 spiro atoms. The van der Waals surface area contributed by atoms with E-state index in [0.29, 0.717) is 5.56 Å². The van der Waals surface area contributed by atoms with Crippen molar-refractivity contribution in [3.05, 3.63) is 42.2 Å². The first-order chi connectivity index (χ1) is 11.6. The summed E-state index contributed by atoms with van der Waals surface area (Å²) in [5.41, 5.74) is 0.514. The summed E-state index contributed by atoms with van der Waals surface area (Å²) in [7, 11) is 0. The fourth-order valence-electron chi connectivity index (χ4n) is 4.70. The summed E-state index contributed by atoms with van der Waals surface area (Å²) in [6, 6.07) is 3.20. The van der Waals surface area contributed by atoms with Crippen LogP contribution >= 0.6 is 0 Å². The van der Waals surface area contributed by atoms with Crippen molar-refractivity contribution >= 4 is 0 Å². The van der Waals surface area contributed by atoms with Gasteiger partial charge in [0, 0.05) is 0 Å². The van der Waals surface area contributed by atoms with Crippen molar-refractivity contribution in [1.29, 1.82) is 0 Å². The van der Waals surface area contributed by atoms with E-state index in [9.17, 15) is 8.78 Å². The third-order valence-corrected chi connectivity index (χ3v) is 6.23. The first-order valence-electron chi connectivity index (χ1n) is 9.35. The van der Waals surface area contributed by atoms with Gasteiger partial charge in [0.2, 0.25) is 5.82 Å². The molecule has 0 N–H and O–H groups in total. The summed E-state index contributed by atoms with van der Waals surface area (Å²) in [5, 5.41) is 0. The Morgan fingerprint density at radius 3 is 2.08 bits per heavy atom. The monoisotopic (exact) mass is 334 g/mol. The van der Waals surface area contributed by atoms with Crippen molar-refractivity contribution in [3.8, 4) is 5.75 Å². The van der Waals surface area contributed by atoms with E-state index in [4.69, 9.17) is 4.74 Å². The lowest BCUT2D eigenvalue weighted by atomic mass is 9.68. The zero-order valence-corrected chi connectivity index (χ0v) is 14.6. The van der Waals surface area contributed by atoms with E-state index in [1.165, 1.54) is 31.7 Å². The third-order valence-electron chi connectivity index (χ3n) is 6.23. The molecule has 0 atom stereocenters. The molecular formula is C21H28F2O. The fraction of sp³-hybridized carbons (Fsp3) is 0.619. The van der Waals surface area contributed by atoms with E-state index in [2.05, 4.69) is 13.5 Å². The molecule has 1 aromatic carbocycles. The van der Waals surface area contributed by atoms with Gasteiger partial charge in [-0.25, -0.2) is 4.39 Å². The van der Waals surface area contributed by atoms with E-state index in [-0.39, 0.29) is 11.7 Å². The van der Waals surface area contributed by atoms with Crippen LogP contribution in [0.1, 0.15) is 69.8 Å². The lowest BCUT2D eigenvalue weighted by Crippen LogP contribution is -2.25. The lowest BCUT2D eigenvalue weighted by molar-refractivity contribution is 0.164. The minimum atomic E-state index is -0.893. The standard InChI is InChI=1S/C21H28F2O/c1-3-24-19-13-12-18(20(22)21(19)23)17-10-8-16(9-11-17)15-6-4-14(2)5-7-15/h3,12-17H,1,4-11H2,2H3. The maximum absolute atomic E-state index is 14.4. The van der Waals surface area contributed by atoms with Gasteiger partial charge in [-0.1, -0.05) is 32.4 Å². The average molecular weight is 334 g/mol. The summed E-state index contributed by atoms with van der Waals surface area (Å²) in [4.78, 5) is 0. The molecular weight excluding hydrogens is 306 g/mol. The lowest BCUT2D eigenvalue weighted by Gasteiger charge is -2.37. The molecule has 132 valence electrons. The Balaban J connectivity index is 1.62. The highest BCUT2D eigenvalue weighted by Gasteiger charge is 2.31. The van der Waals surface area contributed by atoms with Gasteiger partial charge in [-0.15, -0.1) is 0 Å². The molecule has 0 aliphatic heterocycles. The highest BCUT2D eigenvalue weighted by atomic mass is 19.2. The number of ether oxygens (including phenoxy) is 1. The molecule has 1 aromatic rings. The van der Waals surface area contributed by atoms with Crippen molar-refractivity contribution in [2.75, 3.05) is 0 Å². The summed E-state index contributed by atoms with van der Waals surface area (Å²) < 4.78 is 33.3. The Morgan fingerprint density at radius 1 is 0.917 bits per heavy atom. The van der Waals surface area contributed by atoms with Gasteiger partial charge in [0.25, 0.3) is 0 Å². The zero-order chi connectivity index (χ0) is 17.1. The van der Waals surface area contributed by atoms with Crippen LogP contribution in [-0.2, 0) is 0 Å². The van der Waals surface area contributed by atoms with Crippen molar-refractivity contribution in [1.82, 2.24) is 0 Å². The Kier molecular flexibility index (Phi) is 5.57. The fourth-order valence-corrected chi connectivity index (χ4v) is 4.70. The van der Waals surface area contributed by atoms with Gasteiger partial charge in [-0.3, -0.25) is 0 Å². The Bertz CT molecular complexity index is 567. The van der Waals surface area contributed by atoms with Gasteiger partial charge in [0.15, 0.2) is 11.6 Å². The Morgan fingerprint density at radius 2 is 1.50 bits per heavy atom. The summed E-state index contributed by atoms with van der Waals surface area (Å²) in [6.07, 6.45) is 10.8. The van der Waals surface area contributed by atoms with E-state index < -0.39 is 11.6 Å². The second-order valence-corrected chi connectivity index (χ2v) is 7.70. The van der Waals surface area contributed by atoms with Crippen LogP contribution < -0.4 is 4.74 Å². The molecule has 24 heavy (non-hydrogen) atoms. The van der Waals surface area contributed by atoms with E-state index in [0.717, 1.165) is 49.7 Å².